The highest BCUT2D eigenvalue weighted by Crippen LogP contribution is 2.37. The molecule has 15 heavy (non-hydrogen) atoms. The summed E-state index contributed by atoms with van der Waals surface area (Å²) in [7, 11) is 3.18. The zero-order chi connectivity index (χ0) is 11.4. The highest BCUT2D eigenvalue weighted by atomic mass is 79.9. The van der Waals surface area contributed by atoms with E-state index in [1.165, 1.54) is 0 Å². The van der Waals surface area contributed by atoms with Crippen LogP contribution in [-0.4, -0.2) is 19.4 Å². The molecule has 0 aliphatic heterocycles. The first kappa shape index (κ1) is 12.3. The molecule has 0 heterocycles. The molecule has 1 rings (SSSR count). The highest BCUT2D eigenvalue weighted by Gasteiger charge is 2.14. The molecule has 0 amide bonds. The second-order valence-electron chi connectivity index (χ2n) is 3.03. The van der Waals surface area contributed by atoms with Crippen molar-refractivity contribution in [3.05, 3.63) is 21.7 Å². The number of rotatable bonds is 4. The number of nitrogens with one attached hydrogen (secondary N) is 1. The van der Waals surface area contributed by atoms with Crippen molar-refractivity contribution in [1.82, 2.24) is 5.48 Å². The van der Waals surface area contributed by atoms with Crippen LogP contribution in [0.1, 0.15) is 11.1 Å². The first-order valence-corrected chi connectivity index (χ1v) is 5.21. The molecule has 0 saturated heterocycles. The molecular weight excluding hydrogens is 262 g/mol. The van der Waals surface area contributed by atoms with Crippen molar-refractivity contribution in [1.29, 1.82) is 0 Å². The molecule has 0 aromatic heterocycles. The third-order valence-corrected chi connectivity index (χ3v) is 2.95. The van der Waals surface area contributed by atoms with Crippen molar-refractivity contribution in [2.45, 2.75) is 13.5 Å². The fraction of sp³-hybridized carbons (Fsp3) is 0.400. The SMILES string of the molecule is COc1cc(Br)c(CNO)c(C)c1OC. The number of hydrogen-bond donors (Lipinski definition) is 2. The zero-order valence-electron chi connectivity index (χ0n) is 8.93. The molecule has 0 spiro atoms. The Morgan fingerprint density at radius 2 is 2.07 bits per heavy atom. The summed E-state index contributed by atoms with van der Waals surface area (Å²) in [5, 5.41) is 8.72. The predicted octanol–water partition coefficient (Wildman–Crippen LogP) is 2.25. The Labute approximate surface area is 97.3 Å². The normalized spacial score (nSPS) is 10.2. The number of methoxy groups -OCH3 is 2. The molecule has 84 valence electrons. The van der Waals surface area contributed by atoms with Gasteiger partial charge in [0.15, 0.2) is 11.5 Å². The van der Waals surface area contributed by atoms with Gasteiger partial charge in [0.05, 0.1) is 14.2 Å². The Kier molecular flexibility index (Phi) is 4.38. The Morgan fingerprint density at radius 3 is 2.53 bits per heavy atom. The van der Waals surface area contributed by atoms with E-state index in [1.807, 2.05) is 13.0 Å². The smallest absolute Gasteiger partial charge is 0.164 e. The van der Waals surface area contributed by atoms with E-state index in [4.69, 9.17) is 14.7 Å². The van der Waals surface area contributed by atoms with Crippen LogP contribution in [0.25, 0.3) is 0 Å². The molecule has 0 unspecified atom stereocenters. The Balaban J connectivity index is 3.31. The quantitative estimate of drug-likeness (QED) is 0.828. The van der Waals surface area contributed by atoms with Gasteiger partial charge in [-0.15, -0.1) is 0 Å². The molecular formula is C10H14BrNO3. The fourth-order valence-electron chi connectivity index (χ4n) is 1.47. The summed E-state index contributed by atoms with van der Waals surface area (Å²) < 4.78 is 11.3. The van der Waals surface area contributed by atoms with Crippen LogP contribution in [0.3, 0.4) is 0 Å². The molecule has 0 aliphatic carbocycles. The maximum atomic E-state index is 8.72. The van der Waals surface area contributed by atoms with Crippen LogP contribution in [-0.2, 0) is 6.54 Å². The molecule has 4 nitrogen and oxygen atoms in total. The van der Waals surface area contributed by atoms with Crippen molar-refractivity contribution >= 4 is 15.9 Å². The van der Waals surface area contributed by atoms with E-state index in [-0.39, 0.29) is 0 Å². The van der Waals surface area contributed by atoms with E-state index in [1.54, 1.807) is 14.2 Å². The van der Waals surface area contributed by atoms with Gasteiger partial charge in [0, 0.05) is 16.6 Å². The van der Waals surface area contributed by atoms with Crippen molar-refractivity contribution in [2.24, 2.45) is 0 Å². The van der Waals surface area contributed by atoms with Gasteiger partial charge in [-0.1, -0.05) is 15.9 Å². The lowest BCUT2D eigenvalue weighted by Gasteiger charge is -2.15. The number of halogens is 1. The molecule has 1 aromatic carbocycles. The van der Waals surface area contributed by atoms with E-state index in [0.717, 1.165) is 15.6 Å². The van der Waals surface area contributed by atoms with Crippen molar-refractivity contribution in [3.8, 4) is 11.5 Å². The Morgan fingerprint density at radius 1 is 1.40 bits per heavy atom. The standard InChI is InChI=1S/C10H14BrNO3/c1-6-7(5-12-13)8(11)4-9(14-2)10(6)15-3/h4,12-13H,5H2,1-3H3. The minimum Gasteiger partial charge on any atom is -0.493 e. The van der Waals surface area contributed by atoms with Crippen LogP contribution in [0, 0.1) is 6.92 Å². The van der Waals surface area contributed by atoms with E-state index < -0.39 is 0 Å². The lowest BCUT2D eigenvalue weighted by Crippen LogP contribution is -2.09. The maximum absolute atomic E-state index is 8.72. The van der Waals surface area contributed by atoms with Gasteiger partial charge in [0.25, 0.3) is 0 Å². The van der Waals surface area contributed by atoms with Gasteiger partial charge in [0.2, 0.25) is 0 Å². The van der Waals surface area contributed by atoms with Gasteiger partial charge >= 0.3 is 0 Å². The molecule has 0 saturated carbocycles. The summed E-state index contributed by atoms with van der Waals surface area (Å²) in [6.07, 6.45) is 0. The van der Waals surface area contributed by atoms with Crippen molar-refractivity contribution in [3.63, 3.8) is 0 Å². The third-order valence-electron chi connectivity index (χ3n) is 2.24. The largest absolute Gasteiger partial charge is 0.493 e. The molecule has 0 aliphatic rings. The molecule has 2 N–H and O–H groups in total. The Hall–Kier alpha value is -0.780. The van der Waals surface area contributed by atoms with E-state index in [2.05, 4.69) is 21.4 Å². The van der Waals surface area contributed by atoms with Crippen LogP contribution in [0.15, 0.2) is 10.5 Å². The monoisotopic (exact) mass is 275 g/mol. The summed E-state index contributed by atoms with van der Waals surface area (Å²) in [5.41, 5.74) is 4.00. The van der Waals surface area contributed by atoms with E-state index in [9.17, 15) is 0 Å². The minimum atomic E-state index is 0.354. The number of hydrogen-bond acceptors (Lipinski definition) is 4. The van der Waals surface area contributed by atoms with Crippen molar-refractivity contribution < 1.29 is 14.7 Å². The van der Waals surface area contributed by atoms with E-state index >= 15 is 0 Å². The lowest BCUT2D eigenvalue weighted by molar-refractivity contribution is 0.160. The summed E-state index contributed by atoms with van der Waals surface area (Å²) in [5.74, 6) is 1.36. The summed E-state index contributed by atoms with van der Waals surface area (Å²) in [4.78, 5) is 0. The van der Waals surface area contributed by atoms with Gasteiger partial charge in [-0.2, -0.15) is 0 Å². The van der Waals surface area contributed by atoms with Gasteiger partial charge < -0.3 is 14.7 Å². The van der Waals surface area contributed by atoms with E-state index in [0.29, 0.717) is 18.0 Å². The van der Waals surface area contributed by atoms with Crippen LogP contribution in [0.2, 0.25) is 0 Å². The van der Waals surface area contributed by atoms with Crippen LogP contribution in [0.4, 0.5) is 0 Å². The van der Waals surface area contributed by atoms with Gasteiger partial charge in [-0.3, -0.25) is 0 Å². The van der Waals surface area contributed by atoms with Crippen molar-refractivity contribution in [2.75, 3.05) is 14.2 Å². The molecule has 1 aromatic rings. The topological polar surface area (TPSA) is 50.7 Å². The van der Waals surface area contributed by atoms with Crippen LogP contribution in [0.5, 0.6) is 11.5 Å². The zero-order valence-corrected chi connectivity index (χ0v) is 10.5. The summed E-state index contributed by atoms with van der Waals surface area (Å²) in [6, 6.07) is 1.82. The average Bonchev–Trinajstić information content (AvgIpc) is 2.23. The fourth-order valence-corrected chi connectivity index (χ4v) is 2.12. The molecule has 0 atom stereocenters. The van der Waals surface area contributed by atoms with Crippen LogP contribution >= 0.6 is 15.9 Å². The van der Waals surface area contributed by atoms with Gasteiger partial charge in [0.1, 0.15) is 0 Å². The first-order chi connectivity index (χ1) is 7.15. The molecule has 5 heteroatoms. The summed E-state index contributed by atoms with van der Waals surface area (Å²) in [6.45, 7) is 2.27. The second kappa shape index (κ2) is 5.34. The minimum absolute atomic E-state index is 0.354. The van der Waals surface area contributed by atoms with Gasteiger partial charge in [-0.05, 0) is 18.6 Å². The predicted molar refractivity (Wildman–Crippen MR) is 60.6 cm³/mol. The second-order valence-corrected chi connectivity index (χ2v) is 3.89. The Bertz CT molecular complexity index is 355. The average molecular weight is 276 g/mol. The lowest BCUT2D eigenvalue weighted by atomic mass is 10.1. The molecule has 0 fully saturated rings. The van der Waals surface area contributed by atoms with Crippen LogP contribution < -0.4 is 15.0 Å². The number of ether oxygens (including phenoxy) is 2. The number of hydroxylamine groups is 1. The first-order valence-electron chi connectivity index (χ1n) is 4.42. The molecule has 0 radical (unpaired) electrons. The highest BCUT2D eigenvalue weighted by molar-refractivity contribution is 9.10. The maximum Gasteiger partial charge on any atom is 0.164 e. The third kappa shape index (κ3) is 2.42. The number of benzene rings is 1. The molecule has 0 bridgehead atoms. The summed E-state index contributed by atoms with van der Waals surface area (Å²) >= 11 is 3.42. The van der Waals surface area contributed by atoms with Gasteiger partial charge in [-0.25, -0.2) is 5.48 Å².